The average Bonchev–Trinajstić information content (AvgIpc) is 2.30. The molecule has 0 amide bonds. The molecule has 1 heterocycles. The van der Waals surface area contributed by atoms with E-state index in [-0.39, 0.29) is 0 Å². The molecule has 2 nitrogen and oxygen atoms in total. The highest BCUT2D eigenvalue weighted by molar-refractivity contribution is 4.83. The van der Waals surface area contributed by atoms with Gasteiger partial charge in [-0.2, -0.15) is 0 Å². The molecule has 16 heavy (non-hydrogen) atoms. The van der Waals surface area contributed by atoms with E-state index >= 15 is 0 Å². The van der Waals surface area contributed by atoms with Crippen molar-refractivity contribution in [1.82, 2.24) is 10.2 Å². The Labute approximate surface area is 101 Å². The molecule has 1 saturated heterocycles. The molecule has 0 saturated carbocycles. The number of nitrogens with zero attached hydrogens (tertiary/aromatic N) is 1. The number of nitrogens with one attached hydrogen (secondary N) is 1. The second-order valence-corrected chi connectivity index (χ2v) is 5.17. The number of piperidine rings is 1. The fourth-order valence-electron chi connectivity index (χ4n) is 2.42. The Morgan fingerprint density at radius 3 is 2.50 bits per heavy atom. The Hall–Kier alpha value is -0.340. The highest BCUT2D eigenvalue weighted by atomic mass is 15.1. The van der Waals surface area contributed by atoms with Gasteiger partial charge in [0.15, 0.2) is 0 Å². The summed E-state index contributed by atoms with van der Waals surface area (Å²) in [6.45, 7) is 14.4. The van der Waals surface area contributed by atoms with Crippen LogP contribution in [0.1, 0.15) is 40.0 Å². The van der Waals surface area contributed by atoms with Crippen molar-refractivity contribution < 1.29 is 0 Å². The number of hydrogen-bond donors (Lipinski definition) is 1. The van der Waals surface area contributed by atoms with Gasteiger partial charge >= 0.3 is 0 Å². The van der Waals surface area contributed by atoms with E-state index in [2.05, 4.69) is 37.6 Å². The molecule has 0 aromatic carbocycles. The highest BCUT2D eigenvalue weighted by Crippen LogP contribution is 2.14. The minimum Gasteiger partial charge on any atom is -0.311 e. The monoisotopic (exact) mass is 224 g/mol. The molecule has 1 N–H and O–H groups in total. The third-order valence-electron chi connectivity index (χ3n) is 3.93. The van der Waals surface area contributed by atoms with E-state index < -0.39 is 0 Å². The summed E-state index contributed by atoms with van der Waals surface area (Å²) in [5.41, 5.74) is 0. The third-order valence-corrected chi connectivity index (χ3v) is 3.93. The maximum absolute atomic E-state index is 3.82. The summed E-state index contributed by atoms with van der Waals surface area (Å²) < 4.78 is 0. The van der Waals surface area contributed by atoms with Crippen LogP contribution in [0.5, 0.6) is 0 Å². The van der Waals surface area contributed by atoms with Crippen LogP contribution in [-0.4, -0.2) is 36.6 Å². The number of allylic oxidation sites excluding steroid dienone is 1. The Morgan fingerprint density at radius 1 is 1.38 bits per heavy atom. The maximum Gasteiger partial charge on any atom is 0.00940 e. The van der Waals surface area contributed by atoms with Gasteiger partial charge in [0, 0.05) is 12.1 Å². The lowest BCUT2D eigenvalue weighted by molar-refractivity contribution is 0.192. The van der Waals surface area contributed by atoms with E-state index in [0.29, 0.717) is 12.0 Å². The van der Waals surface area contributed by atoms with Crippen LogP contribution < -0.4 is 5.32 Å². The lowest BCUT2D eigenvalue weighted by atomic mass is 9.97. The summed E-state index contributed by atoms with van der Waals surface area (Å²) >= 11 is 0. The number of hydrogen-bond acceptors (Lipinski definition) is 2. The van der Waals surface area contributed by atoms with E-state index in [1.165, 1.54) is 32.5 Å². The van der Waals surface area contributed by atoms with E-state index in [1.54, 1.807) is 0 Å². The van der Waals surface area contributed by atoms with Crippen molar-refractivity contribution in [2.75, 3.05) is 19.6 Å². The summed E-state index contributed by atoms with van der Waals surface area (Å²) in [5, 5.41) is 3.77. The van der Waals surface area contributed by atoms with E-state index in [4.69, 9.17) is 0 Å². The first-order chi connectivity index (χ1) is 7.67. The van der Waals surface area contributed by atoms with Crippen LogP contribution in [0.3, 0.4) is 0 Å². The number of likely N-dealkylation sites (tertiary alicyclic amines) is 1. The average molecular weight is 224 g/mol. The highest BCUT2D eigenvalue weighted by Gasteiger charge is 2.20. The van der Waals surface area contributed by atoms with Gasteiger partial charge in [-0.1, -0.05) is 19.9 Å². The van der Waals surface area contributed by atoms with Crippen molar-refractivity contribution in [2.24, 2.45) is 5.92 Å². The predicted molar refractivity (Wildman–Crippen MR) is 71.7 cm³/mol. The zero-order chi connectivity index (χ0) is 12.0. The Bertz CT molecular complexity index is 195. The molecule has 2 atom stereocenters. The van der Waals surface area contributed by atoms with Gasteiger partial charge in [0.2, 0.25) is 0 Å². The smallest absolute Gasteiger partial charge is 0.00940 e. The van der Waals surface area contributed by atoms with Crippen molar-refractivity contribution in [1.29, 1.82) is 0 Å². The molecular formula is C14H28N2. The molecule has 1 aliphatic rings. The van der Waals surface area contributed by atoms with Gasteiger partial charge in [0.25, 0.3) is 0 Å². The van der Waals surface area contributed by atoms with Gasteiger partial charge in [-0.15, -0.1) is 6.58 Å². The Kier molecular flexibility index (Phi) is 6.07. The molecular weight excluding hydrogens is 196 g/mol. The largest absolute Gasteiger partial charge is 0.311 e. The zero-order valence-electron chi connectivity index (χ0n) is 11.2. The molecule has 1 fully saturated rings. The predicted octanol–water partition coefficient (Wildman–Crippen LogP) is 2.66. The summed E-state index contributed by atoms with van der Waals surface area (Å²) in [5.74, 6) is 0.696. The van der Waals surface area contributed by atoms with Gasteiger partial charge < -0.3 is 10.2 Å². The molecule has 2 heteroatoms. The SMILES string of the molecule is C=CCC(C)C(C)NC1CCN(CC)CC1. The van der Waals surface area contributed by atoms with E-state index in [0.717, 1.165) is 12.5 Å². The Morgan fingerprint density at radius 2 is 2.00 bits per heavy atom. The van der Waals surface area contributed by atoms with Crippen LogP contribution in [0, 0.1) is 5.92 Å². The fraction of sp³-hybridized carbons (Fsp3) is 0.857. The standard InChI is InChI=1S/C14H28N2/c1-5-7-12(3)13(4)15-14-8-10-16(6-2)11-9-14/h5,12-15H,1,6-11H2,2-4H3. The lowest BCUT2D eigenvalue weighted by Gasteiger charge is -2.34. The van der Waals surface area contributed by atoms with Crippen molar-refractivity contribution in [3.63, 3.8) is 0 Å². The first-order valence-corrected chi connectivity index (χ1v) is 6.76. The molecule has 0 aliphatic carbocycles. The first-order valence-electron chi connectivity index (χ1n) is 6.76. The molecule has 1 aliphatic heterocycles. The minimum absolute atomic E-state index is 0.608. The van der Waals surface area contributed by atoms with Crippen molar-refractivity contribution in [3.8, 4) is 0 Å². The molecule has 0 spiro atoms. The molecule has 0 radical (unpaired) electrons. The van der Waals surface area contributed by atoms with Crippen molar-refractivity contribution >= 4 is 0 Å². The number of rotatable bonds is 6. The quantitative estimate of drug-likeness (QED) is 0.698. The van der Waals surface area contributed by atoms with Gasteiger partial charge in [0.1, 0.15) is 0 Å². The van der Waals surface area contributed by atoms with Crippen LogP contribution in [0.2, 0.25) is 0 Å². The van der Waals surface area contributed by atoms with E-state index in [9.17, 15) is 0 Å². The summed E-state index contributed by atoms with van der Waals surface area (Å²) in [6.07, 6.45) is 5.75. The molecule has 0 aromatic rings. The normalized spacial score (nSPS) is 22.9. The molecule has 0 aromatic heterocycles. The Balaban J connectivity index is 2.24. The van der Waals surface area contributed by atoms with Gasteiger partial charge in [-0.25, -0.2) is 0 Å². The molecule has 2 unspecified atom stereocenters. The van der Waals surface area contributed by atoms with Gasteiger partial charge in [-0.3, -0.25) is 0 Å². The van der Waals surface area contributed by atoms with Crippen LogP contribution in [0.15, 0.2) is 12.7 Å². The summed E-state index contributed by atoms with van der Waals surface area (Å²) in [4.78, 5) is 2.54. The zero-order valence-corrected chi connectivity index (χ0v) is 11.2. The third kappa shape index (κ3) is 4.26. The van der Waals surface area contributed by atoms with Crippen molar-refractivity contribution in [2.45, 2.75) is 52.1 Å². The van der Waals surface area contributed by atoms with Gasteiger partial charge in [-0.05, 0) is 51.7 Å². The maximum atomic E-state index is 3.82. The lowest BCUT2D eigenvalue weighted by Crippen LogP contribution is -2.46. The molecule has 94 valence electrons. The minimum atomic E-state index is 0.608. The van der Waals surface area contributed by atoms with E-state index in [1.807, 2.05) is 6.08 Å². The van der Waals surface area contributed by atoms with Crippen LogP contribution in [0.4, 0.5) is 0 Å². The summed E-state index contributed by atoms with van der Waals surface area (Å²) in [6, 6.07) is 1.33. The van der Waals surface area contributed by atoms with Gasteiger partial charge in [0.05, 0.1) is 0 Å². The van der Waals surface area contributed by atoms with Crippen LogP contribution >= 0.6 is 0 Å². The van der Waals surface area contributed by atoms with Crippen molar-refractivity contribution in [3.05, 3.63) is 12.7 Å². The topological polar surface area (TPSA) is 15.3 Å². The molecule has 0 bridgehead atoms. The second kappa shape index (κ2) is 7.08. The summed E-state index contributed by atoms with van der Waals surface area (Å²) in [7, 11) is 0. The fourth-order valence-corrected chi connectivity index (χ4v) is 2.42. The van der Waals surface area contributed by atoms with Crippen LogP contribution in [-0.2, 0) is 0 Å². The molecule has 1 rings (SSSR count). The first kappa shape index (κ1) is 13.7. The second-order valence-electron chi connectivity index (χ2n) is 5.17. The van der Waals surface area contributed by atoms with Crippen LogP contribution in [0.25, 0.3) is 0 Å².